The van der Waals surface area contributed by atoms with Gasteiger partial charge in [0.1, 0.15) is 11.4 Å². The standard InChI is InChI=1S/C24H28N2O4/c1-16(2)30-15-7-14-26-23(27)21(18-12-10-17(3)11-13-18)22(24(26)28)25-19-8-5-6-9-20(19)29-4/h5-6,8-13,16,25H,7,14-15H2,1-4H3. The molecule has 6 nitrogen and oxygen atoms in total. The Kier molecular flexibility index (Phi) is 6.90. The largest absolute Gasteiger partial charge is 0.495 e. The Hall–Kier alpha value is -3.12. The number of carbonyl (C=O) groups is 2. The van der Waals surface area contributed by atoms with E-state index in [1.54, 1.807) is 13.2 Å². The van der Waals surface area contributed by atoms with Crippen molar-refractivity contribution in [2.45, 2.75) is 33.3 Å². The number of nitrogens with zero attached hydrogens (tertiary/aromatic N) is 1. The van der Waals surface area contributed by atoms with Gasteiger partial charge in [0.2, 0.25) is 0 Å². The van der Waals surface area contributed by atoms with Crippen molar-refractivity contribution in [3.63, 3.8) is 0 Å². The number of rotatable bonds is 9. The molecule has 1 N–H and O–H groups in total. The molecule has 0 atom stereocenters. The van der Waals surface area contributed by atoms with Crippen molar-refractivity contribution < 1.29 is 19.1 Å². The van der Waals surface area contributed by atoms with Gasteiger partial charge in [0.15, 0.2) is 0 Å². The predicted octanol–water partition coefficient (Wildman–Crippen LogP) is 4.01. The first-order chi connectivity index (χ1) is 14.4. The Morgan fingerprint density at radius 2 is 1.70 bits per heavy atom. The molecule has 0 saturated heterocycles. The lowest BCUT2D eigenvalue weighted by atomic mass is 10.0. The van der Waals surface area contributed by atoms with Gasteiger partial charge >= 0.3 is 0 Å². The van der Waals surface area contributed by atoms with E-state index in [9.17, 15) is 9.59 Å². The molecule has 0 aliphatic carbocycles. The normalized spacial score (nSPS) is 14.1. The Morgan fingerprint density at radius 3 is 2.37 bits per heavy atom. The molecule has 0 aromatic heterocycles. The van der Waals surface area contributed by atoms with E-state index in [-0.39, 0.29) is 23.6 Å². The summed E-state index contributed by atoms with van der Waals surface area (Å²) in [5, 5.41) is 3.15. The maximum Gasteiger partial charge on any atom is 0.278 e. The molecule has 0 fully saturated rings. The number of imide groups is 1. The average Bonchev–Trinajstić information content (AvgIpc) is 2.96. The number of anilines is 1. The average molecular weight is 408 g/mol. The highest BCUT2D eigenvalue weighted by Gasteiger charge is 2.39. The number of hydrogen-bond donors (Lipinski definition) is 1. The van der Waals surface area contributed by atoms with Crippen LogP contribution in [0.25, 0.3) is 5.57 Å². The summed E-state index contributed by atoms with van der Waals surface area (Å²) in [5.41, 5.74) is 3.05. The lowest BCUT2D eigenvalue weighted by Gasteiger charge is -2.16. The van der Waals surface area contributed by atoms with E-state index in [0.29, 0.717) is 42.1 Å². The molecule has 1 aliphatic rings. The number of nitrogens with one attached hydrogen (secondary N) is 1. The van der Waals surface area contributed by atoms with Crippen LogP contribution in [0.5, 0.6) is 5.75 Å². The quantitative estimate of drug-likeness (QED) is 0.502. The minimum Gasteiger partial charge on any atom is -0.495 e. The third-order valence-corrected chi connectivity index (χ3v) is 4.85. The Bertz CT molecular complexity index is 948. The molecule has 2 aromatic rings. The molecule has 0 radical (unpaired) electrons. The van der Waals surface area contributed by atoms with Crippen LogP contribution in [-0.4, -0.2) is 43.1 Å². The van der Waals surface area contributed by atoms with Crippen molar-refractivity contribution in [2.75, 3.05) is 25.6 Å². The van der Waals surface area contributed by atoms with Gasteiger partial charge < -0.3 is 14.8 Å². The number of carbonyl (C=O) groups excluding carboxylic acids is 2. The van der Waals surface area contributed by atoms with E-state index >= 15 is 0 Å². The smallest absolute Gasteiger partial charge is 0.278 e. The van der Waals surface area contributed by atoms with E-state index in [0.717, 1.165) is 5.56 Å². The number of hydrogen-bond acceptors (Lipinski definition) is 5. The maximum atomic E-state index is 13.2. The Labute approximate surface area is 177 Å². The SMILES string of the molecule is COc1ccccc1NC1=C(c2ccc(C)cc2)C(=O)N(CCCOC(C)C)C1=O. The third-order valence-electron chi connectivity index (χ3n) is 4.85. The second-order valence-electron chi connectivity index (χ2n) is 7.48. The number of ether oxygens (including phenoxy) is 2. The maximum absolute atomic E-state index is 13.2. The van der Waals surface area contributed by atoms with Gasteiger partial charge in [0.25, 0.3) is 11.8 Å². The summed E-state index contributed by atoms with van der Waals surface area (Å²) in [6, 6.07) is 14.9. The zero-order valence-corrected chi connectivity index (χ0v) is 17.9. The summed E-state index contributed by atoms with van der Waals surface area (Å²) in [5.74, 6) is -0.0471. The van der Waals surface area contributed by atoms with Gasteiger partial charge in [-0.3, -0.25) is 14.5 Å². The first-order valence-corrected chi connectivity index (χ1v) is 10.1. The molecule has 1 heterocycles. The number of amides is 2. The second-order valence-corrected chi connectivity index (χ2v) is 7.48. The topological polar surface area (TPSA) is 67.9 Å². The van der Waals surface area contributed by atoms with Crippen LogP contribution in [-0.2, 0) is 14.3 Å². The van der Waals surface area contributed by atoms with Crippen LogP contribution in [0.2, 0.25) is 0 Å². The Morgan fingerprint density at radius 1 is 1.00 bits per heavy atom. The van der Waals surface area contributed by atoms with E-state index in [1.807, 2.05) is 63.2 Å². The summed E-state index contributed by atoms with van der Waals surface area (Å²) < 4.78 is 10.9. The molecule has 158 valence electrons. The van der Waals surface area contributed by atoms with Crippen molar-refractivity contribution >= 4 is 23.1 Å². The van der Waals surface area contributed by atoms with Crippen molar-refractivity contribution in [1.82, 2.24) is 4.90 Å². The summed E-state index contributed by atoms with van der Waals surface area (Å²) in [6.45, 7) is 6.69. The van der Waals surface area contributed by atoms with Crippen LogP contribution in [0.4, 0.5) is 5.69 Å². The second kappa shape index (κ2) is 9.59. The predicted molar refractivity (Wildman–Crippen MR) is 117 cm³/mol. The lowest BCUT2D eigenvalue weighted by Crippen LogP contribution is -2.34. The van der Waals surface area contributed by atoms with Gasteiger partial charge in [0, 0.05) is 13.2 Å². The monoisotopic (exact) mass is 408 g/mol. The third kappa shape index (κ3) is 4.71. The van der Waals surface area contributed by atoms with E-state index in [4.69, 9.17) is 9.47 Å². The fourth-order valence-electron chi connectivity index (χ4n) is 3.31. The van der Waals surface area contributed by atoms with Crippen molar-refractivity contribution in [2.24, 2.45) is 0 Å². The molecule has 0 bridgehead atoms. The highest BCUT2D eigenvalue weighted by molar-refractivity contribution is 6.36. The molecule has 6 heteroatoms. The molecule has 30 heavy (non-hydrogen) atoms. The molecule has 0 unspecified atom stereocenters. The highest BCUT2D eigenvalue weighted by Crippen LogP contribution is 2.33. The van der Waals surface area contributed by atoms with Crippen molar-refractivity contribution in [3.8, 4) is 5.75 Å². The number of para-hydroxylation sites is 2. The van der Waals surface area contributed by atoms with Crippen LogP contribution in [0, 0.1) is 6.92 Å². The summed E-state index contributed by atoms with van der Waals surface area (Å²) >= 11 is 0. The zero-order chi connectivity index (χ0) is 21.7. The van der Waals surface area contributed by atoms with Gasteiger partial charge in [0.05, 0.1) is 24.5 Å². The van der Waals surface area contributed by atoms with Crippen LogP contribution < -0.4 is 10.1 Å². The first kappa shape index (κ1) is 21.6. The van der Waals surface area contributed by atoms with Crippen LogP contribution in [0.3, 0.4) is 0 Å². The van der Waals surface area contributed by atoms with Gasteiger partial charge in [-0.25, -0.2) is 0 Å². The molecule has 2 amide bonds. The summed E-state index contributed by atoms with van der Waals surface area (Å²) in [4.78, 5) is 27.7. The van der Waals surface area contributed by atoms with Crippen LogP contribution in [0.15, 0.2) is 54.2 Å². The number of aryl methyl sites for hydroxylation is 1. The van der Waals surface area contributed by atoms with E-state index in [1.165, 1.54) is 4.90 Å². The fourth-order valence-corrected chi connectivity index (χ4v) is 3.31. The zero-order valence-electron chi connectivity index (χ0n) is 17.9. The molecular weight excluding hydrogens is 380 g/mol. The molecule has 2 aromatic carbocycles. The first-order valence-electron chi connectivity index (χ1n) is 10.1. The van der Waals surface area contributed by atoms with Crippen LogP contribution >= 0.6 is 0 Å². The highest BCUT2D eigenvalue weighted by atomic mass is 16.5. The van der Waals surface area contributed by atoms with Crippen LogP contribution in [0.1, 0.15) is 31.4 Å². The van der Waals surface area contributed by atoms with Gasteiger partial charge in [-0.05, 0) is 44.9 Å². The number of benzene rings is 2. The molecule has 1 aliphatic heterocycles. The van der Waals surface area contributed by atoms with Crippen molar-refractivity contribution in [1.29, 1.82) is 0 Å². The van der Waals surface area contributed by atoms with E-state index in [2.05, 4.69) is 5.32 Å². The van der Waals surface area contributed by atoms with E-state index < -0.39 is 0 Å². The van der Waals surface area contributed by atoms with Crippen molar-refractivity contribution in [3.05, 3.63) is 65.4 Å². The molecular formula is C24H28N2O4. The van der Waals surface area contributed by atoms with Gasteiger partial charge in [-0.2, -0.15) is 0 Å². The molecule has 3 rings (SSSR count). The minimum absolute atomic E-state index is 0.110. The number of methoxy groups -OCH3 is 1. The molecule has 0 saturated carbocycles. The molecule has 0 spiro atoms. The van der Waals surface area contributed by atoms with Gasteiger partial charge in [-0.1, -0.05) is 42.0 Å². The summed E-state index contributed by atoms with van der Waals surface area (Å²) in [7, 11) is 1.57. The van der Waals surface area contributed by atoms with Gasteiger partial charge in [-0.15, -0.1) is 0 Å². The summed E-state index contributed by atoms with van der Waals surface area (Å²) in [6.07, 6.45) is 0.692. The lowest BCUT2D eigenvalue weighted by molar-refractivity contribution is -0.137. The Balaban J connectivity index is 1.93. The minimum atomic E-state index is -0.342. The fraction of sp³-hybridized carbons (Fsp3) is 0.333.